The van der Waals surface area contributed by atoms with Crippen molar-refractivity contribution in [2.24, 2.45) is 0 Å². The normalized spacial score (nSPS) is 15.8. The summed E-state index contributed by atoms with van der Waals surface area (Å²) in [7, 11) is -1.94. The third-order valence-electron chi connectivity index (χ3n) is 4.76. The summed E-state index contributed by atoms with van der Waals surface area (Å²) in [5, 5.41) is 0.131. The summed E-state index contributed by atoms with van der Waals surface area (Å²) in [5.74, 6) is 1.06. The average Bonchev–Trinajstić information content (AvgIpc) is 2.50. The molecular weight excluding hydrogens is 378 g/mol. The van der Waals surface area contributed by atoms with Crippen LogP contribution in [-0.2, 0) is 15.8 Å². The molecule has 1 rings (SSSR count). The van der Waals surface area contributed by atoms with Crippen LogP contribution in [0.3, 0.4) is 0 Å². The van der Waals surface area contributed by atoms with Crippen LogP contribution in [0.1, 0.15) is 60.1 Å². The Morgan fingerprint density at radius 1 is 1.12 bits per heavy atom. The van der Waals surface area contributed by atoms with E-state index in [1.165, 1.54) is 4.90 Å². The fourth-order valence-corrected chi connectivity index (χ4v) is 4.76. The zero-order chi connectivity index (χ0) is 20.2. The Hall–Kier alpha value is 0.0169. The lowest BCUT2D eigenvalue weighted by Gasteiger charge is -2.39. The molecule has 150 valence electrons. The van der Waals surface area contributed by atoms with E-state index in [0.717, 1.165) is 11.3 Å². The van der Waals surface area contributed by atoms with Gasteiger partial charge < -0.3 is 8.98 Å². The molecule has 0 aliphatic heterocycles. The Kier molecular flexibility index (Phi) is 8.77. The third kappa shape index (κ3) is 7.21. The maximum absolute atomic E-state index is 12.5. The second-order valence-electron chi connectivity index (χ2n) is 9.10. The van der Waals surface area contributed by atoms with E-state index < -0.39 is 19.7 Å². The average molecular weight is 416 g/mol. The van der Waals surface area contributed by atoms with E-state index >= 15 is 0 Å². The van der Waals surface area contributed by atoms with Gasteiger partial charge in [-0.05, 0) is 62.4 Å². The minimum absolute atomic E-state index is 0.0946. The first-order chi connectivity index (χ1) is 11.8. The third-order valence-corrected chi connectivity index (χ3v) is 11.7. The summed E-state index contributed by atoms with van der Waals surface area (Å²) in [5.41, 5.74) is 1.15. The first-order valence-corrected chi connectivity index (χ1v) is 14.4. The maximum atomic E-state index is 12.5. The molecule has 1 N–H and O–H groups in total. The quantitative estimate of drug-likeness (QED) is 0.325. The van der Waals surface area contributed by atoms with Crippen molar-refractivity contribution in [2.75, 3.05) is 12.3 Å². The lowest BCUT2D eigenvalue weighted by Crippen LogP contribution is -2.46. The van der Waals surface area contributed by atoms with E-state index in [9.17, 15) is 4.55 Å². The number of hydrogen-bond acceptors (Lipinski definition) is 4. The van der Waals surface area contributed by atoms with E-state index in [1.54, 1.807) is 0 Å². The van der Waals surface area contributed by atoms with Crippen LogP contribution in [-0.4, -0.2) is 29.9 Å². The highest BCUT2D eigenvalue weighted by Crippen LogP contribution is 2.40. The molecule has 0 heterocycles. The van der Waals surface area contributed by atoms with Gasteiger partial charge in [-0.1, -0.05) is 39.8 Å². The van der Waals surface area contributed by atoms with Crippen LogP contribution in [0.5, 0.6) is 0 Å². The molecule has 1 unspecified atom stereocenters. The van der Waals surface area contributed by atoms with Crippen LogP contribution in [0.25, 0.3) is 0 Å². The summed E-state index contributed by atoms with van der Waals surface area (Å²) < 4.78 is 22.1. The SMILES string of the molecule is CCSc1ccc([C@H](CN[S+]([O-])C(C)(C)C)O[Si](C)(C)C(C)(C)C)cc1. The van der Waals surface area contributed by atoms with E-state index in [0.29, 0.717) is 6.54 Å². The van der Waals surface area contributed by atoms with Crippen LogP contribution >= 0.6 is 11.8 Å². The Morgan fingerprint density at radius 2 is 1.65 bits per heavy atom. The van der Waals surface area contributed by atoms with E-state index in [-0.39, 0.29) is 15.9 Å². The molecular formula is C20H37NO2S2Si. The van der Waals surface area contributed by atoms with Crippen LogP contribution in [0.2, 0.25) is 18.1 Å². The van der Waals surface area contributed by atoms with Crippen molar-refractivity contribution in [1.82, 2.24) is 4.72 Å². The van der Waals surface area contributed by atoms with Gasteiger partial charge in [0.05, 0.1) is 12.6 Å². The molecule has 0 fully saturated rings. The zero-order valence-electron chi connectivity index (χ0n) is 17.9. The molecule has 0 saturated carbocycles. The van der Waals surface area contributed by atoms with Crippen molar-refractivity contribution in [3.05, 3.63) is 29.8 Å². The molecule has 0 aliphatic rings. The molecule has 2 atom stereocenters. The van der Waals surface area contributed by atoms with Crippen molar-refractivity contribution >= 4 is 31.4 Å². The highest BCUT2D eigenvalue weighted by Gasteiger charge is 2.40. The second-order valence-corrected chi connectivity index (χ2v) is 17.2. The van der Waals surface area contributed by atoms with Crippen molar-refractivity contribution < 1.29 is 8.98 Å². The Balaban J connectivity index is 3.01. The predicted octanol–water partition coefficient (Wildman–Crippen LogP) is 5.91. The number of hydrogen-bond donors (Lipinski definition) is 1. The van der Waals surface area contributed by atoms with Crippen LogP contribution in [0.15, 0.2) is 29.2 Å². The lowest BCUT2D eigenvalue weighted by molar-refractivity contribution is 0.187. The Morgan fingerprint density at radius 3 is 2.08 bits per heavy atom. The number of nitrogens with one attached hydrogen (secondary N) is 1. The van der Waals surface area contributed by atoms with Gasteiger partial charge in [0.15, 0.2) is 8.32 Å². The number of rotatable bonds is 8. The summed E-state index contributed by atoms with van der Waals surface area (Å²) in [6.45, 7) is 19.9. The molecule has 0 amide bonds. The van der Waals surface area contributed by atoms with Crippen LogP contribution < -0.4 is 4.72 Å². The lowest BCUT2D eigenvalue weighted by atomic mass is 10.1. The summed E-state index contributed by atoms with van der Waals surface area (Å²) in [6.07, 6.45) is -0.0946. The van der Waals surface area contributed by atoms with Gasteiger partial charge in [0.25, 0.3) is 0 Å². The molecule has 0 saturated heterocycles. The monoisotopic (exact) mass is 415 g/mol. The van der Waals surface area contributed by atoms with E-state index in [4.69, 9.17) is 4.43 Å². The van der Waals surface area contributed by atoms with Gasteiger partial charge in [0.2, 0.25) is 0 Å². The molecule has 0 spiro atoms. The first-order valence-electron chi connectivity index (χ1n) is 9.34. The van der Waals surface area contributed by atoms with Gasteiger partial charge >= 0.3 is 0 Å². The highest BCUT2D eigenvalue weighted by atomic mass is 32.2. The molecule has 0 bridgehead atoms. The van der Waals surface area contributed by atoms with Crippen LogP contribution in [0.4, 0.5) is 0 Å². The van der Waals surface area contributed by atoms with Crippen molar-refractivity contribution in [3.63, 3.8) is 0 Å². The van der Waals surface area contributed by atoms with Gasteiger partial charge in [0.1, 0.15) is 4.75 Å². The van der Waals surface area contributed by atoms with Crippen molar-refractivity contribution in [2.45, 2.75) is 82.3 Å². The van der Waals surface area contributed by atoms with Crippen molar-refractivity contribution in [1.29, 1.82) is 0 Å². The second kappa shape index (κ2) is 9.48. The van der Waals surface area contributed by atoms with Crippen molar-refractivity contribution in [3.8, 4) is 0 Å². The van der Waals surface area contributed by atoms with Gasteiger partial charge in [-0.3, -0.25) is 0 Å². The molecule has 26 heavy (non-hydrogen) atoms. The highest BCUT2D eigenvalue weighted by molar-refractivity contribution is 7.99. The summed E-state index contributed by atoms with van der Waals surface area (Å²) in [4.78, 5) is 1.27. The largest absolute Gasteiger partial charge is 0.598 e. The Bertz CT molecular complexity index is 550. The molecule has 6 heteroatoms. The topological polar surface area (TPSA) is 44.3 Å². The molecule has 3 nitrogen and oxygen atoms in total. The van der Waals surface area contributed by atoms with Gasteiger partial charge in [-0.15, -0.1) is 16.5 Å². The molecule has 0 radical (unpaired) electrons. The van der Waals surface area contributed by atoms with Crippen LogP contribution in [0, 0.1) is 0 Å². The fourth-order valence-electron chi connectivity index (χ4n) is 2.07. The first kappa shape index (κ1) is 24.1. The minimum Gasteiger partial charge on any atom is -0.598 e. The summed E-state index contributed by atoms with van der Waals surface area (Å²) >= 11 is 0.731. The Labute approximate surface area is 169 Å². The predicted molar refractivity (Wildman–Crippen MR) is 120 cm³/mol. The van der Waals surface area contributed by atoms with E-state index in [1.807, 2.05) is 32.5 Å². The minimum atomic E-state index is -1.94. The summed E-state index contributed by atoms with van der Waals surface area (Å²) in [6, 6.07) is 8.62. The van der Waals surface area contributed by atoms with Gasteiger partial charge in [-0.25, -0.2) is 0 Å². The molecule has 0 aromatic heterocycles. The maximum Gasteiger partial charge on any atom is 0.192 e. The molecule has 1 aromatic rings. The van der Waals surface area contributed by atoms with E-state index in [2.05, 4.69) is 69.8 Å². The molecule has 1 aromatic carbocycles. The molecule has 0 aliphatic carbocycles. The smallest absolute Gasteiger partial charge is 0.192 e. The number of thioether (sulfide) groups is 1. The van der Waals surface area contributed by atoms with Gasteiger partial charge in [0, 0.05) is 16.3 Å². The number of benzene rings is 1. The fraction of sp³-hybridized carbons (Fsp3) is 0.700. The zero-order valence-corrected chi connectivity index (χ0v) is 20.6. The van der Waals surface area contributed by atoms with Gasteiger partial charge in [-0.2, -0.15) is 0 Å². The standard InChI is InChI=1S/C20H37NO2S2Si/c1-10-24-17-13-11-16(12-14-17)18(15-21-25(22)19(2,3)4)23-26(8,9)20(5,6)7/h11-14,18,21H,10,15H2,1-9H3/t18-,25?/m0/s1.